The topological polar surface area (TPSA) is 71.5 Å². The van der Waals surface area contributed by atoms with Gasteiger partial charge in [0, 0.05) is 42.7 Å². The normalized spacial score (nSPS) is 34.0. The van der Waals surface area contributed by atoms with Gasteiger partial charge in [0.15, 0.2) is 0 Å². The minimum absolute atomic E-state index is 0.128. The van der Waals surface area contributed by atoms with Gasteiger partial charge >= 0.3 is 0 Å². The van der Waals surface area contributed by atoms with Gasteiger partial charge in [0.2, 0.25) is 11.8 Å². The van der Waals surface area contributed by atoms with E-state index in [9.17, 15) is 9.59 Å². The van der Waals surface area contributed by atoms with Crippen LogP contribution in [-0.4, -0.2) is 53.0 Å². The standard InChI is InChI=1S/C22H29N3O3/c26-20(11-16-7-3-4-10-23-16)25-13-18-17(19-8-9-22(18,14-25)28-19)12-24-21(27)15-5-1-2-6-15/h3-4,7,10,15,17-19H,1-2,5-6,8-9,11-14H2,(H,24,27)/t17-,18+,19+,22+/m0/s1. The third-order valence-corrected chi connectivity index (χ3v) is 7.43. The van der Waals surface area contributed by atoms with E-state index >= 15 is 0 Å². The monoisotopic (exact) mass is 383 g/mol. The SMILES string of the molecule is O=C(NC[C@H]1[C@H]2CN(C(=O)Cc3ccccn3)C[C@]23CC[C@H]1O3)C1CCCC1. The Morgan fingerprint density at radius 1 is 1.25 bits per heavy atom. The van der Waals surface area contributed by atoms with E-state index in [1.807, 2.05) is 23.1 Å². The molecule has 1 aliphatic carbocycles. The number of hydrogen-bond acceptors (Lipinski definition) is 4. The highest BCUT2D eigenvalue weighted by Crippen LogP contribution is 2.54. The Kier molecular flexibility index (Phi) is 4.62. The number of nitrogens with zero attached hydrogens (tertiary/aromatic N) is 2. The molecule has 0 radical (unpaired) electrons. The first-order chi connectivity index (χ1) is 13.6. The molecular weight excluding hydrogens is 354 g/mol. The third-order valence-electron chi connectivity index (χ3n) is 7.43. The average molecular weight is 383 g/mol. The molecule has 0 unspecified atom stereocenters. The molecule has 1 saturated carbocycles. The Morgan fingerprint density at radius 3 is 2.89 bits per heavy atom. The Bertz CT molecular complexity index is 749. The van der Waals surface area contributed by atoms with Crippen LogP contribution in [0.3, 0.4) is 0 Å². The molecule has 5 rings (SSSR count). The average Bonchev–Trinajstić information content (AvgIpc) is 3.47. The third kappa shape index (κ3) is 3.11. The Balaban J connectivity index is 1.22. The van der Waals surface area contributed by atoms with Gasteiger partial charge in [-0.1, -0.05) is 18.9 Å². The summed E-state index contributed by atoms with van der Waals surface area (Å²) in [5.74, 6) is 1.21. The number of fused-ring (bicyclic) bond motifs is 1. The van der Waals surface area contributed by atoms with E-state index in [0.29, 0.717) is 31.3 Å². The number of pyridine rings is 1. The van der Waals surface area contributed by atoms with Gasteiger partial charge in [-0.2, -0.15) is 0 Å². The van der Waals surface area contributed by atoms with Crippen LogP contribution in [0.1, 0.15) is 44.2 Å². The number of rotatable bonds is 5. The van der Waals surface area contributed by atoms with Crippen LogP contribution >= 0.6 is 0 Å². The van der Waals surface area contributed by atoms with E-state index in [0.717, 1.165) is 37.9 Å². The molecule has 2 bridgehead atoms. The zero-order valence-corrected chi connectivity index (χ0v) is 16.3. The molecule has 1 spiro atoms. The number of likely N-dealkylation sites (tertiary alicyclic amines) is 1. The Morgan fingerprint density at radius 2 is 2.11 bits per heavy atom. The van der Waals surface area contributed by atoms with Crippen molar-refractivity contribution in [1.82, 2.24) is 15.2 Å². The van der Waals surface area contributed by atoms with Crippen molar-refractivity contribution in [3.63, 3.8) is 0 Å². The molecule has 150 valence electrons. The van der Waals surface area contributed by atoms with Gasteiger partial charge in [0.1, 0.15) is 0 Å². The van der Waals surface area contributed by atoms with Crippen LogP contribution in [0, 0.1) is 17.8 Å². The number of amides is 2. The molecule has 2 amide bonds. The molecule has 6 heteroatoms. The van der Waals surface area contributed by atoms with Crippen LogP contribution in [0.15, 0.2) is 24.4 Å². The van der Waals surface area contributed by atoms with Crippen molar-refractivity contribution in [3.8, 4) is 0 Å². The van der Waals surface area contributed by atoms with Crippen LogP contribution < -0.4 is 5.32 Å². The van der Waals surface area contributed by atoms with E-state index in [2.05, 4.69) is 10.3 Å². The fourth-order valence-electron chi connectivity index (χ4n) is 5.97. The van der Waals surface area contributed by atoms with Crippen molar-refractivity contribution in [1.29, 1.82) is 0 Å². The summed E-state index contributed by atoms with van der Waals surface area (Å²) in [7, 11) is 0. The largest absolute Gasteiger partial charge is 0.369 e. The van der Waals surface area contributed by atoms with Crippen LogP contribution in [0.4, 0.5) is 0 Å². The Hall–Kier alpha value is -1.95. The molecular formula is C22H29N3O3. The summed E-state index contributed by atoms with van der Waals surface area (Å²) in [6.45, 7) is 2.12. The van der Waals surface area contributed by atoms with E-state index in [1.54, 1.807) is 6.20 Å². The maximum Gasteiger partial charge on any atom is 0.228 e. The Labute approximate surface area is 166 Å². The van der Waals surface area contributed by atoms with E-state index in [4.69, 9.17) is 4.74 Å². The molecule has 1 N–H and O–H groups in total. The first-order valence-electron chi connectivity index (χ1n) is 10.8. The highest BCUT2D eigenvalue weighted by atomic mass is 16.5. The van der Waals surface area contributed by atoms with Crippen molar-refractivity contribution in [3.05, 3.63) is 30.1 Å². The van der Waals surface area contributed by atoms with E-state index < -0.39 is 0 Å². The molecule has 1 aromatic heterocycles. The summed E-state index contributed by atoms with van der Waals surface area (Å²) < 4.78 is 6.42. The van der Waals surface area contributed by atoms with Crippen molar-refractivity contribution in [2.24, 2.45) is 17.8 Å². The number of ether oxygens (including phenoxy) is 1. The quantitative estimate of drug-likeness (QED) is 0.843. The number of carbonyl (C=O) groups is 2. The van der Waals surface area contributed by atoms with E-state index in [-0.39, 0.29) is 29.4 Å². The lowest BCUT2D eigenvalue weighted by Crippen LogP contribution is -2.43. The fraction of sp³-hybridized carbons (Fsp3) is 0.682. The molecule has 1 aromatic rings. The predicted molar refractivity (Wildman–Crippen MR) is 103 cm³/mol. The highest BCUT2D eigenvalue weighted by Gasteiger charge is 2.63. The highest BCUT2D eigenvalue weighted by molar-refractivity contribution is 5.79. The zero-order valence-electron chi connectivity index (χ0n) is 16.3. The summed E-state index contributed by atoms with van der Waals surface area (Å²) in [5.41, 5.74) is 0.625. The fourth-order valence-corrected chi connectivity index (χ4v) is 5.97. The maximum absolute atomic E-state index is 12.8. The molecule has 6 nitrogen and oxygen atoms in total. The smallest absolute Gasteiger partial charge is 0.228 e. The second-order valence-corrected chi connectivity index (χ2v) is 9.03. The molecule has 4 atom stereocenters. The summed E-state index contributed by atoms with van der Waals surface area (Å²) in [6.07, 6.45) is 8.79. The number of carbonyl (C=O) groups excluding carboxylic acids is 2. The molecule has 4 aliphatic rings. The second-order valence-electron chi connectivity index (χ2n) is 9.03. The lowest BCUT2D eigenvalue weighted by Gasteiger charge is -2.29. The maximum atomic E-state index is 12.8. The van der Waals surface area contributed by atoms with Gasteiger partial charge < -0.3 is 15.0 Å². The van der Waals surface area contributed by atoms with Gasteiger partial charge in [-0.05, 0) is 37.8 Å². The van der Waals surface area contributed by atoms with Crippen molar-refractivity contribution in [2.45, 2.75) is 56.7 Å². The van der Waals surface area contributed by atoms with Crippen LogP contribution in [0.25, 0.3) is 0 Å². The van der Waals surface area contributed by atoms with E-state index in [1.165, 1.54) is 12.8 Å². The molecule has 3 saturated heterocycles. The predicted octanol–water partition coefficient (Wildman–Crippen LogP) is 1.94. The molecule has 0 aromatic carbocycles. The molecule has 3 aliphatic heterocycles. The lowest BCUT2D eigenvalue weighted by atomic mass is 9.73. The van der Waals surface area contributed by atoms with Crippen LogP contribution in [0.5, 0.6) is 0 Å². The summed E-state index contributed by atoms with van der Waals surface area (Å²) in [4.78, 5) is 31.5. The second kappa shape index (κ2) is 7.14. The minimum atomic E-state index is -0.187. The molecule has 4 fully saturated rings. The van der Waals surface area contributed by atoms with Crippen LogP contribution in [-0.2, 0) is 20.7 Å². The lowest BCUT2D eigenvalue weighted by molar-refractivity contribution is -0.131. The van der Waals surface area contributed by atoms with Gasteiger partial charge in [0.05, 0.1) is 24.7 Å². The van der Waals surface area contributed by atoms with Crippen molar-refractivity contribution in [2.75, 3.05) is 19.6 Å². The summed E-state index contributed by atoms with van der Waals surface area (Å²) in [6, 6.07) is 5.68. The summed E-state index contributed by atoms with van der Waals surface area (Å²) in [5, 5.41) is 3.21. The first kappa shape index (κ1) is 18.1. The number of nitrogens with one attached hydrogen (secondary N) is 1. The van der Waals surface area contributed by atoms with Crippen molar-refractivity contribution >= 4 is 11.8 Å². The van der Waals surface area contributed by atoms with Gasteiger partial charge in [-0.3, -0.25) is 14.6 Å². The number of aromatic nitrogens is 1. The zero-order chi connectivity index (χ0) is 19.1. The first-order valence-corrected chi connectivity index (χ1v) is 10.8. The van der Waals surface area contributed by atoms with Crippen molar-refractivity contribution < 1.29 is 14.3 Å². The van der Waals surface area contributed by atoms with Gasteiger partial charge in [0.25, 0.3) is 0 Å². The van der Waals surface area contributed by atoms with Crippen LogP contribution in [0.2, 0.25) is 0 Å². The van der Waals surface area contributed by atoms with Gasteiger partial charge in [-0.25, -0.2) is 0 Å². The summed E-state index contributed by atoms with van der Waals surface area (Å²) >= 11 is 0. The van der Waals surface area contributed by atoms with Gasteiger partial charge in [-0.15, -0.1) is 0 Å². The molecule has 28 heavy (non-hydrogen) atoms. The molecule has 4 heterocycles. The number of hydrogen-bond donors (Lipinski definition) is 1. The minimum Gasteiger partial charge on any atom is -0.369 e.